The molecule has 3 atom stereocenters. The Balaban J connectivity index is 1.31. The molecule has 3 aliphatic rings. The van der Waals surface area contributed by atoms with E-state index in [1.54, 1.807) is 24.4 Å². The molecule has 38 heavy (non-hydrogen) atoms. The number of halogens is 3. The van der Waals surface area contributed by atoms with Gasteiger partial charge in [0, 0.05) is 36.3 Å². The van der Waals surface area contributed by atoms with Crippen LogP contribution in [-0.4, -0.2) is 52.0 Å². The topological polar surface area (TPSA) is 68.1 Å². The highest BCUT2D eigenvalue weighted by atomic mass is 32.2. The van der Waals surface area contributed by atoms with Crippen molar-refractivity contribution in [2.75, 3.05) is 12.3 Å². The second-order valence-corrected chi connectivity index (χ2v) is 12.8. The zero-order valence-corrected chi connectivity index (χ0v) is 21.8. The van der Waals surface area contributed by atoms with E-state index in [9.17, 15) is 21.6 Å². The fourth-order valence-corrected chi connectivity index (χ4v) is 8.44. The number of fused-ring (bicyclic) bond motifs is 3. The minimum Gasteiger partial charge on any atom is -0.261 e. The summed E-state index contributed by atoms with van der Waals surface area (Å²) < 4.78 is 69.4. The SMILES string of the molecule is C[C@]12Cc3cnn(-c4ccccc4)c3C=C1CCC21CC1N(CCc1ccccn1)S(=O)(=O)CC(F)(F)F. The van der Waals surface area contributed by atoms with Crippen LogP contribution in [0.3, 0.4) is 0 Å². The molecule has 2 aromatic heterocycles. The Morgan fingerprint density at radius 1 is 1.13 bits per heavy atom. The predicted octanol–water partition coefficient (Wildman–Crippen LogP) is 5.20. The van der Waals surface area contributed by atoms with E-state index in [2.05, 4.69) is 23.1 Å². The maximum absolute atomic E-state index is 13.3. The summed E-state index contributed by atoms with van der Waals surface area (Å²) in [6.07, 6.45) is 3.89. The highest BCUT2D eigenvalue weighted by molar-refractivity contribution is 7.89. The van der Waals surface area contributed by atoms with Crippen molar-refractivity contribution in [2.24, 2.45) is 10.8 Å². The van der Waals surface area contributed by atoms with E-state index in [4.69, 9.17) is 0 Å². The Bertz CT molecular complexity index is 1490. The average Bonchev–Trinajstić information content (AvgIpc) is 3.34. The second kappa shape index (κ2) is 8.77. The molecule has 200 valence electrons. The first kappa shape index (κ1) is 25.3. The van der Waals surface area contributed by atoms with Gasteiger partial charge < -0.3 is 0 Å². The van der Waals surface area contributed by atoms with E-state index in [0.717, 1.165) is 34.1 Å². The molecule has 6 nitrogen and oxygen atoms in total. The molecular weight excluding hydrogens is 513 g/mol. The van der Waals surface area contributed by atoms with Gasteiger partial charge in [-0.05, 0) is 67.0 Å². The van der Waals surface area contributed by atoms with E-state index in [-0.39, 0.29) is 18.4 Å². The summed E-state index contributed by atoms with van der Waals surface area (Å²) in [7, 11) is -4.56. The van der Waals surface area contributed by atoms with Gasteiger partial charge in [0.2, 0.25) is 10.0 Å². The van der Waals surface area contributed by atoms with Gasteiger partial charge >= 0.3 is 6.18 Å². The molecule has 10 heteroatoms. The average molecular weight is 543 g/mol. The lowest BCUT2D eigenvalue weighted by atomic mass is 9.67. The van der Waals surface area contributed by atoms with E-state index in [1.807, 2.05) is 41.2 Å². The molecule has 2 unspecified atom stereocenters. The summed E-state index contributed by atoms with van der Waals surface area (Å²) in [5, 5.41) is 4.63. The van der Waals surface area contributed by atoms with Gasteiger partial charge in [0.1, 0.15) is 0 Å². The fourth-order valence-electron chi connectivity index (χ4n) is 6.83. The van der Waals surface area contributed by atoms with Gasteiger partial charge in [0.25, 0.3) is 0 Å². The maximum atomic E-state index is 13.3. The summed E-state index contributed by atoms with van der Waals surface area (Å²) in [6, 6.07) is 14.7. The highest BCUT2D eigenvalue weighted by Gasteiger charge is 2.71. The molecule has 0 bridgehead atoms. The monoisotopic (exact) mass is 542 g/mol. The molecule has 1 spiro atoms. The number of alkyl halides is 3. The third-order valence-electron chi connectivity index (χ3n) is 8.79. The van der Waals surface area contributed by atoms with Gasteiger partial charge in [-0.2, -0.15) is 22.6 Å². The number of nitrogens with zero attached hydrogens (tertiary/aromatic N) is 4. The molecule has 3 aliphatic carbocycles. The van der Waals surface area contributed by atoms with Crippen molar-refractivity contribution in [1.29, 1.82) is 0 Å². The largest absolute Gasteiger partial charge is 0.404 e. The van der Waals surface area contributed by atoms with E-state index >= 15 is 0 Å². The predicted molar refractivity (Wildman–Crippen MR) is 138 cm³/mol. The van der Waals surface area contributed by atoms with Crippen LogP contribution in [0, 0.1) is 10.8 Å². The van der Waals surface area contributed by atoms with Crippen molar-refractivity contribution in [1.82, 2.24) is 19.1 Å². The van der Waals surface area contributed by atoms with Crippen molar-refractivity contribution in [3.63, 3.8) is 0 Å². The van der Waals surface area contributed by atoms with Crippen LogP contribution >= 0.6 is 0 Å². The van der Waals surface area contributed by atoms with Crippen LogP contribution in [0.4, 0.5) is 13.2 Å². The third-order valence-corrected chi connectivity index (χ3v) is 10.6. The van der Waals surface area contributed by atoms with Gasteiger partial charge in [-0.15, -0.1) is 0 Å². The Morgan fingerprint density at radius 3 is 2.61 bits per heavy atom. The Labute approximate surface area is 220 Å². The number of para-hydroxylation sites is 1. The smallest absolute Gasteiger partial charge is 0.261 e. The van der Waals surface area contributed by atoms with Crippen LogP contribution in [0.1, 0.15) is 43.1 Å². The molecule has 0 radical (unpaired) electrons. The molecule has 0 amide bonds. The molecule has 2 fully saturated rings. The van der Waals surface area contributed by atoms with Crippen LogP contribution in [0.25, 0.3) is 11.8 Å². The summed E-state index contributed by atoms with van der Waals surface area (Å²) in [6.45, 7) is 2.14. The first-order valence-electron chi connectivity index (χ1n) is 12.8. The highest BCUT2D eigenvalue weighted by Crippen LogP contribution is 2.73. The van der Waals surface area contributed by atoms with Crippen LogP contribution < -0.4 is 0 Å². The summed E-state index contributed by atoms with van der Waals surface area (Å²) in [4.78, 5) is 4.25. The number of aromatic nitrogens is 3. The lowest BCUT2D eigenvalue weighted by Crippen LogP contribution is -2.44. The maximum Gasteiger partial charge on any atom is 0.404 e. The normalized spacial score (nSPS) is 26.3. The van der Waals surface area contributed by atoms with Crippen LogP contribution in [0.2, 0.25) is 0 Å². The van der Waals surface area contributed by atoms with Crippen molar-refractivity contribution < 1.29 is 21.6 Å². The number of benzene rings is 1. The number of rotatable bonds is 7. The third kappa shape index (κ3) is 4.18. The van der Waals surface area contributed by atoms with Gasteiger partial charge in [-0.1, -0.05) is 36.8 Å². The lowest BCUT2D eigenvalue weighted by Gasteiger charge is -2.38. The van der Waals surface area contributed by atoms with Gasteiger partial charge in [-0.25, -0.2) is 13.1 Å². The first-order chi connectivity index (χ1) is 18.0. The first-order valence-corrected chi connectivity index (χ1v) is 14.4. The molecule has 1 aromatic carbocycles. The molecule has 0 aliphatic heterocycles. The van der Waals surface area contributed by atoms with Crippen molar-refractivity contribution >= 4 is 16.1 Å². The Morgan fingerprint density at radius 2 is 1.89 bits per heavy atom. The fraction of sp³-hybridized carbons (Fsp3) is 0.429. The summed E-state index contributed by atoms with van der Waals surface area (Å²) in [5.41, 5.74) is 4.21. The molecule has 2 saturated carbocycles. The van der Waals surface area contributed by atoms with Crippen molar-refractivity contribution in [2.45, 2.75) is 51.2 Å². The van der Waals surface area contributed by atoms with Crippen LogP contribution in [0.5, 0.6) is 0 Å². The number of allylic oxidation sites excluding steroid dienone is 1. The molecule has 2 heterocycles. The molecule has 0 saturated heterocycles. The zero-order valence-electron chi connectivity index (χ0n) is 21.0. The lowest BCUT2D eigenvalue weighted by molar-refractivity contribution is -0.107. The Hall–Kier alpha value is -2.98. The summed E-state index contributed by atoms with van der Waals surface area (Å²) in [5.74, 6) is -1.85. The molecular formula is C28H29F3N4O2S. The quantitative estimate of drug-likeness (QED) is 0.412. The minimum atomic E-state index is -4.81. The van der Waals surface area contributed by atoms with E-state index < -0.39 is 33.4 Å². The molecule has 6 rings (SSSR count). The van der Waals surface area contributed by atoms with Crippen LogP contribution in [-0.2, 0) is 22.9 Å². The molecule has 3 aromatic rings. The second-order valence-electron chi connectivity index (χ2n) is 10.9. The number of hydrogen-bond acceptors (Lipinski definition) is 4. The zero-order chi connectivity index (χ0) is 26.8. The van der Waals surface area contributed by atoms with Gasteiger partial charge in [-0.3, -0.25) is 4.98 Å². The van der Waals surface area contributed by atoms with E-state index in [0.29, 0.717) is 18.5 Å². The van der Waals surface area contributed by atoms with Crippen LogP contribution in [0.15, 0.2) is 66.5 Å². The van der Waals surface area contributed by atoms with Gasteiger partial charge in [0.15, 0.2) is 5.75 Å². The number of sulfonamides is 1. The number of hydrogen-bond donors (Lipinski definition) is 0. The minimum absolute atomic E-state index is 0.0197. The standard InChI is InChI=1S/C28H29F3N4O2S/c1-26-16-20-18-33-35(23-8-3-2-4-9-23)24(20)15-21(26)10-12-27(26)17-25(27)34(38(36,37)19-28(29,30)31)14-11-22-7-5-6-13-32-22/h2-9,13,15,18,25H,10-12,14,16-17,19H2,1H3/t25?,26-,27?/m0/s1. The van der Waals surface area contributed by atoms with Gasteiger partial charge in [0.05, 0.1) is 17.6 Å². The van der Waals surface area contributed by atoms with E-state index in [1.165, 1.54) is 5.57 Å². The molecule has 0 N–H and O–H groups in total. The van der Waals surface area contributed by atoms with Crippen molar-refractivity contribution in [3.05, 3.63) is 83.4 Å². The Kier molecular flexibility index (Phi) is 5.84. The number of pyridine rings is 1. The van der Waals surface area contributed by atoms with Crippen molar-refractivity contribution in [3.8, 4) is 5.69 Å². The summed E-state index contributed by atoms with van der Waals surface area (Å²) >= 11 is 0.